The van der Waals surface area contributed by atoms with E-state index in [1.54, 1.807) is 12.0 Å². The van der Waals surface area contributed by atoms with E-state index in [1.165, 1.54) is 0 Å². The predicted octanol–water partition coefficient (Wildman–Crippen LogP) is 3.20. The molecule has 14 atom stereocenters. The minimum Gasteiger partial charge on any atom is -0.459 e. The van der Waals surface area contributed by atoms with Crippen LogP contribution in [0.3, 0.4) is 0 Å². The molecule has 0 aromatic carbocycles. The van der Waals surface area contributed by atoms with Gasteiger partial charge in [-0.2, -0.15) is 0 Å². The Kier molecular flexibility index (Phi) is 9.92. The molecule has 4 aliphatic rings. The summed E-state index contributed by atoms with van der Waals surface area (Å²) in [6.45, 7) is 16.1. The summed E-state index contributed by atoms with van der Waals surface area (Å²) < 4.78 is 37.6. The standard InChI is InChI=1S/C31H54N2O9/c1-12-22-31(8,37-11)26-20(6)33(29(36)41-26)15-16(2)14-30(7)25(18(4)24(42-30)19(5)27(35)39-22)40-28-23(34)21(32(9)10)13-17(3)38-28/h16-26,28,34H,12-15H2,1-11H3/t16-,17-,18?,19-,20-,21+,22-,23-,24?,25?,26?,28+,30?,31-/m1/s1. The SMILES string of the molecule is CC[C@H]1OC(=O)[C@H](C)C2OC(C)(C[C@@H](C)CN3C(=O)OC([C@H]3C)[C@]1(C)OC)C(O[C@@H]1O[C@H](C)C[C@H](N(C)C)[C@H]1O)C2C. The number of fused-ring (bicyclic) bond motifs is 4. The average Bonchev–Trinajstić information content (AvgIpc) is 3.34. The van der Waals surface area contributed by atoms with E-state index in [0.717, 1.165) is 0 Å². The molecule has 4 heterocycles. The Morgan fingerprint density at radius 3 is 2.36 bits per heavy atom. The summed E-state index contributed by atoms with van der Waals surface area (Å²) in [5, 5.41) is 11.3. The van der Waals surface area contributed by atoms with E-state index in [4.69, 9.17) is 28.4 Å². The fourth-order valence-corrected chi connectivity index (χ4v) is 7.95. The van der Waals surface area contributed by atoms with Crippen molar-refractivity contribution in [3.63, 3.8) is 0 Å². The van der Waals surface area contributed by atoms with E-state index in [1.807, 2.05) is 67.5 Å². The minimum absolute atomic E-state index is 0.00687. The van der Waals surface area contributed by atoms with Crippen LogP contribution >= 0.6 is 0 Å². The topological polar surface area (TPSA) is 116 Å². The number of esters is 1. The first-order chi connectivity index (χ1) is 19.6. The number of rotatable bonds is 5. The molecule has 0 spiro atoms. The van der Waals surface area contributed by atoms with E-state index in [9.17, 15) is 14.7 Å². The second-order valence-electron chi connectivity index (χ2n) is 13.9. The van der Waals surface area contributed by atoms with Gasteiger partial charge in [0.1, 0.15) is 17.8 Å². The summed E-state index contributed by atoms with van der Waals surface area (Å²) in [6, 6.07) is -0.422. The number of amides is 1. The number of hydrogen-bond acceptors (Lipinski definition) is 10. The van der Waals surface area contributed by atoms with Gasteiger partial charge in [-0.25, -0.2) is 4.79 Å². The molecule has 4 saturated heterocycles. The van der Waals surface area contributed by atoms with Gasteiger partial charge in [0.05, 0.1) is 35.9 Å². The van der Waals surface area contributed by atoms with Crippen molar-refractivity contribution in [2.45, 2.75) is 141 Å². The van der Waals surface area contributed by atoms with Crippen LogP contribution in [0, 0.1) is 17.8 Å². The normalized spacial score (nSPS) is 48.6. The smallest absolute Gasteiger partial charge is 0.410 e. The van der Waals surface area contributed by atoms with Crippen molar-refractivity contribution in [1.82, 2.24) is 9.80 Å². The van der Waals surface area contributed by atoms with Gasteiger partial charge in [0.2, 0.25) is 0 Å². The molecule has 11 nitrogen and oxygen atoms in total. The lowest BCUT2D eigenvalue weighted by Crippen LogP contribution is -2.57. The Balaban J connectivity index is 1.70. The first kappa shape index (κ1) is 33.4. The third-order valence-corrected chi connectivity index (χ3v) is 10.4. The molecule has 4 rings (SSSR count). The Hall–Kier alpha value is -1.50. The van der Waals surface area contributed by atoms with Crippen LogP contribution in [-0.4, -0.2) is 121 Å². The second kappa shape index (κ2) is 12.5. The van der Waals surface area contributed by atoms with Gasteiger partial charge in [0, 0.05) is 25.6 Å². The number of carbonyl (C=O) groups is 2. The van der Waals surface area contributed by atoms with E-state index in [2.05, 4.69) is 6.92 Å². The zero-order chi connectivity index (χ0) is 31.3. The molecular formula is C31H54N2O9. The molecule has 0 radical (unpaired) electrons. The summed E-state index contributed by atoms with van der Waals surface area (Å²) in [5.74, 6) is -1.21. The first-order valence-corrected chi connectivity index (χ1v) is 15.6. The lowest BCUT2D eigenvalue weighted by atomic mass is 9.82. The molecule has 0 aromatic rings. The van der Waals surface area contributed by atoms with Gasteiger partial charge in [-0.05, 0) is 73.9 Å². The lowest BCUT2D eigenvalue weighted by Gasteiger charge is -2.44. The van der Waals surface area contributed by atoms with Gasteiger partial charge < -0.3 is 43.3 Å². The number of cyclic esters (lactones) is 1. The fourth-order valence-electron chi connectivity index (χ4n) is 7.95. The number of nitrogens with zero attached hydrogens (tertiary/aromatic N) is 2. The van der Waals surface area contributed by atoms with E-state index in [0.29, 0.717) is 25.8 Å². The van der Waals surface area contributed by atoms with Gasteiger partial charge in [-0.3, -0.25) is 4.79 Å². The maximum absolute atomic E-state index is 13.7. The third kappa shape index (κ3) is 5.94. The Labute approximate surface area is 251 Å². The zero-order valence-corrected chi connectivity index (χ0v) is 27.4. The summed E-state index contributed by atoms with van der Waals surface area (Å²) in [5.41, 5.74) is -1.87. The molecule has 42 heavy (non-hydrogen) atoms. The van der Waals surface area contributed by atoms with Gasteiger partial charge in [-0.15, -0.1) is 0 Å². The Morgan fingerprint density at radius 2 is 1.76 bits per heavy atom. The largest absolute Gasteiger partial charge is 0.459 e. The van der Waals surface area contributed by atoms with Gasteiger partial charge in [0.25, 0.3) is 0 Å². The summed E-state index contributed by atoms with van der Waals surface area (Å²) in [7, 11) is 5.45. The number of carbonyl (C=O) groups excluding carboxylic acids is 2. The molecule has 4 bridgehead atoms. The summed E-state index contributed by atoms with van der Waals surface area (Å²) in [6.07, 6.45) is -2.74. The molecule has 11 heteroatoms. The highest BCUT2D eigenvalue weighted by molar-refractivity contribution is 5.73. The van der Waals surface area contributed by atoms with Crippen molar-refractivity contribution in [2.24, 2.45) is 17.8 Å². The number of likely N-dealkylation sites (N-methyl/N-ethyl adjacent to an activating group) is 1. The van der Waals surface area contributed by atoms with E-state index in [-0.39, 0.29) is 30.0 Å². The second-order valence-corrected chi connectivity index (χ2v) is 13.9. The van der Waals surface area contributed by atoms with Crippen LogP contribution in [0.25, 0.3) is 0 Å². The highest BCUT2D eigenvalue weighted by atomic mass is 16.7. The Bertz CT molecular complexity index is 982. The maximum Gasteiger partial charge on any atom is 0.410 e. The van der Waals surface area contributed by atoms with Crippen molar-refractivity contribution in [1.29, 1.82) is 0 Å². The number of aliphatic hydroxyl groups excluding tert-OH is 1. The average molecular weight is 599 g/mol. The third-order valence-electron chi connectivity index (χ3n) is 10.4. The predicted molar refractivity (Wildman–Crippen MR) is 155 cm³/mol. The van der Waals surface area contributed by atoms with Crippen LogP contribution in [-0.2, 0) is 33.2 Å². The molecule has 0 saturated carbocycles. The van der Waals surface area contributed by atoms with Crippen molar-refractivity contribution in [2.75, 3.05) is 27.7 Å². The molecule has 4 fully saturated rings. The highest BCUT2D eigenvalue weighted by Gasteiger charge is 2.59. The molecule has 5 unspecified atom stereocenters. The summed E-state index contributed by atoms with van der Waals surface area (Å²) in [4.78, 5) is 30.6. The van der Waals surface area contributed by atoms with Crippen LogP contribution in [0.1, 0.15) is 74.7 Å². The van der Waals surface area contributed by atoms with Crippen molar-refractivity contribution < 1.29 is 43.1 Å². The minimum atomic E-state index is -1.04. The van der Waals surface area contributed by atoms with Crippen LogP contribution in [0.15, 0.2) is 0 Å². The molecule has 1 amide bonds. The van der Waals surface area contributed by atoms with Gasteiger partial charge in [0.15, 0.2) is 12.4 Å². The molecule has 4 aliphatic heterocycles. The zero-order valence-electron chi connectivity index (χ0n) is 27.4. The molecule has 0 aliphatic carbocycles. The highest BCUT2D eigenvalue weighted by Crippen LogP contribution is 2.46. The van der Waals surface area contributed by atoms with Crippen LogP contribution < -0.4 is 0 Å². The number of aliphatic hydroxyl groups is 1. The first-order valence-electron chi connectivity index (χ1n) is 15.6. The van der Waals surface area contributed by atoms with Crippen LogP contribution in [0.4, 0.5) is 4.79 Å². The quantitative estimate of drug-likeness (QED) is 0.473. The van der Waals surface area contributed by atoms with Crippen molar-refractivity contribution in [3.05, 3.63) is 0 Å². The number of ether oxygens (including phenoxy) is 6. The van der Waals surface area contributed by atoms with E-state index >= 15 is 0 Å². The lowest BCUT2D eigenvalue weighted by molar-refractivity contribution is -0.283. The van der Waals surface area contributed by atoms with Gasteiger partial charge in [-0.1, -0.05) is 20.8 Å². The molecule has 242 valence electrons. The fraction of sp³-hybridized carbons (Fsp3) is 0.935. The summed E-state index contributed by atoms with van der Waals surface area (Å²) >= 11 is 0. The monoisotopic (exact) mass is 598 g/mol. The Morgan fingerprint density at radius 1 is 1.10 bits per heavy atom. The molecule has 0 aromatic heterocycles. The van der Waals surface area contributed by atoms with Crippen molar-refractivity contribution >= 4 is 12.1 Å². The molecular weight excluding hydrogens is 544 g/mol. The number of hydrogen-bond donors (Lipinski definition) is 1. The van der Waals surface area contributed by atoms with Gasteiger partial charge >= 0.3 is 12.1 Å². The van der Waals surface area contributed by atoms with Crippen LogP contribution in [0.2, 0.25) is 0 Å². The van der Waals surface area contributed by atoms with Crippen molar-refractivity contribution in [3.8, 4) is 0 Å². The van der Waals surface area contributed by atoms with Crippen LogP contribution in [0.5, 0.6) is 0 Å². The molecule has 1 N–H and O–H groups in total. The maximum atomic E-state index is 13.7. The number of methoxy groups -OCH3 is 1. The van der Waals surface area contributed by atoms with E-state index < -0.39 is 66.0 Å².